The van der Waals surface area contributed by atoms with Crippen molar-refractivity contribution in [2.24, 2.45) is 0 Å². The SMILES string of the molecule is CC(C)n1c(=O)sc2cc(NC(=O)c3ccc(NS(C)(=O)=O)cc3)ccc21. The Balaban J connectivity index is 1.80. The maximum absolute atomic E-state index is 12.4. The van der Waals surface area contributed by atoms with Crippen molar-refractivity contribution in [3.63, 3.8) is 0 Å². The van der Waals surface area contributed by atoms with Gasteiger partial charge in [-0.05, 0) is 56.3 Å². The molecule has 0 spiro atoms. The minimum Gasteiger partial charge on any atom is -0.322 e. The Morgan fingerprint density at radius 1 is 1.07 bits per heavy atom. The third-order valence-corrected chi connectivity index (χ3v) is 5.36. The summed E-state index contributed by atoms with van der Waals surface area (Å²) in [5, 5.41) is 2.79. The number of amides is 1. The Hall–Kier alpha value is -2.65. The van der Waals surface area contributed by atoms with Crippen LogP contribution in [-0.4, -0.2) is 25.1 Å². The average Bonchev–Trinajstić information content (AvgIpc) is 2.89. The number of aromatic nitrogens is 1. The molecule has 0 bridgehead atoms. The molecule has 0 radical (unpaired) electrons. The first kappa shape index (κ1) is 19.1. The van der Waals surface area contributed by atoms with Gasteiger partial charge in [-0.3, -0.25) is 18.9 Å². The van der Waals surface area contributed by atoms with E-state index in [0.717, 1.165) is 27.8 Å². The van der Waals surface area contributed by atoms with Crippen LogP contribution in [0.3, 0.4) is 0 Å². The van der Waals surface area contributed by atoms with Gasteiger partial charge >= 0.3 is 4.87 Å². The number of benzene rings is 2. The standard InChI is InChI=1S/C18H19N3O4S2/c1-11(2)21-15-9-8-14(10-16(15)26-18(21)23)19-17(22)12-4-6-13(7-5-12)20-27(3,24)25/h4-11,20H,1-3H3,(H,19,22). The van der Waals surface area contributed by atoms with E-state index in [0.29, 0.717) is 16.9 Å². The van der Waals surface area contributed by atoms with E-state index in [-0.39, 0.29) is 16.8 Å². The number of rotatable bonds is 5. The maximum atomic E-state index is 12.4. The molecule has 0 saturated carbocycles. The molecule has 1 heterocycles. The first-order chi connectivity index (χ1) is 12.6. The van der Waals surface area contributed by atoms with Crippen LogP contribution >= 0.6 is 11.3 Å². The van der Waals surface area contributed by atoms with Crippen LogP contribution in [0.4, 0.5) is 11.4 Å². The van der Waals surface area contributed by atoms with Crippen molar-refractivity contribution < 1.29 is 13.2 Å². The fourth-order valence-electron chi connectivity index (χ4n) is 2.71. The Kier molecular flexibility index (Phi) is 5.07. The second-order valence-corrected chi connectivity index (χ2v) is 9.16. The molecule has 0 fully saturated rings. The van der Waals surface area contributed by atoms with Crippen molar-refractivity contribution in [1.82, 2.24) is 4.57 Å². The van der Waals surface area contributed by atoms with Crippen LogP contribution in [0.2, 0.25) is 0 Å². The fraction of sp³-hybridized carbons (Fsp3) is 0.222. The highest BCUT2D eigenvalue weighted by molar-refractivity contribution is 7.92. The summed E-state index contributed by atoms with van der Waals surface area (Å²) in [6.45, 7) is 3.90. The van der Waals surface area contributed by atoms with Gasteiger partial charge in [-0.2, -0.15) is 0 Å². The molecule has 1 amide bonds. The second kappa shape index (κ2) is 7.16. The van der Waals surface area contributed by atoms with Gasteiger partial charge < -0.3 is 5.32 Å². The third kappa shape index (κ3) is 4.37. The molecular formula is C18H19N3O4S2. The van der Waals surface area contributed by atoms with Gasteiger partial charge in [0, 0.05) is 23.0 Å². The van der Waals surface area contributed by atoms with Gasteiger partial charge in [-0.25, -0.2) is 8.42 Å². The highest BCUT2D eigenvalue weighted by Gasteiger charge is 2.12. The molecule has 0 aliphatic carbocycles. The Labute approximate surface area is 160 Å². The van der Waals surface area contributed by atoms with E-state index in [1.807, 2.05) is 19.9 Å². The summed E-state index contributed by atoms with van der Waals surface area (Å²) in [6, 6.07) is 11.5. The summed E-state index contributed by atoms with van der Waals surface area (Å²) < 4.78 is 27.3. The van der Waals surface area contributed by atoms with Gasteiger partial charge in [0.2, 0.25) is 10.0 Å². The average molecular weight is 406 g/mol. The predicted molar refractivity (Wildman–Crippen MR) is 109 cm³/mol. The molecule has 0 aliphatic heterocycles. The molecule has 0 saturated heterocycles. The summed E-state index contributed by atoms with van der Waals surface area (Å²) in [4.78, 5) is 24.5. The number of fused-ring (bicyclic) bond motifs is 1. The van der Waals surface area contributed by atoms with Crippen molar-refractivity contribution in [1.29, 1.82) is 0 Å². The van der Waals surface area contributed by atoms with E-state index in [9.17, 15) is 18.0 Å². The van der Waals surface area contributed by atoms with Crippen molar-refractivity contribution >= 4 is 48.9 Å². The van der Waals surface area contributed by atoms with Crippen LogP contribution in [0.1, 0.15) is 30.2 Å². The third-order valence-electron chi connectivity index (χ3n) is 3.84. The molecule has 3 rings (SSSR count). The minimum atomic E-state index is -3.36. The van der Waals surface area contributed by atoms with Crippen LogP contribution in [-0.2, 0) is 10.0 Å². The van der Waals surface area contributed by atoms with E-state index < -0.39 is 10.0 Å². The van der Waals surface area contributed by atoms with Gasteiger partial charge in [0.25, 0.3) is 5.91 Å². The predicted octanol–water partition coefficient (Wildman–Crippen LogP) is 3.27. The summed E-state index contributed by atoms with van der Waals surface area (Å²) in [6.07, 6.45) is 1.06. The highest BCUT2D eigenvalue weighted by atomic mass is 32.2. The zero-order chi connectivity index (χ0) is 19.8. The maximum Gasteiger partial charge on any atom is 0.308 e. The molecule has 142 valence electrons. The molecule has 3 aromatic rings. The van der Waals surface area contributed by atoms with E-state index in [1.165, 1.54) is 24.3 Å². The molecule has 7 nitrogen and oxygen atoms in total. The Morgan fingerprint density at radius 3 is 2.30 bits per heavy atom. The number of nitrogens with one attached hydrogen (secondary N) is 2. The molecule has 2 aromatic carbocycles. The van der Waals surface area contributed by atoms with Crippen LogP contribution in [0.15, 0.2) is 47.3 Å². The van der Waals surface area contributed by atoms with E-state index in [1.54, 1.807) is 16.7 Å². The number of carbonyl (C=O) groups excluding carboxylic acids is 1. The normalized spacial score (nSPS) is 11.7. The van der Waals surface area contributed by atoms with Gasteiger partial charge in [0.15, 0.2) is 0 Å². The second-order valence-electron chi connectivity index (χ2n) is 6.42. The summed E-state index contributed by atoms with van der Waals surface area (Å²) in [7, 11) is -3.36. The van der Waals surface area contributed by atoms with Crippen LogP contribution in [0.25, 0.3) is 10.2 Å². The number of anilines is 2. The van der Waals surface area contributed by atoms with Crippen molar-refractivity contribution in [3.05, 3.63) is 57.7 Å². The number of thiazole rings is 1. The number of nitrogens with zero attached hydrogens (tertiary/aromatic N) is 1. The lowest BCUT2D eigenvalue weighted by Gasteiger charge is -2.09. The van der Waals surface area contributed by atoms with E-state index in [2.05, 4.69) is 10.0 Å². The quantitative estimate of drug-likeness (QED) is 0.681. The van der Waals surface area contributed by atoms with Gasteiger partial charge in [0.1, 0.15) is 0 Å². The fourth-order valence-corrected chi connectivity index (χ4v) is 4.33. The van der Waals surface area contributed by atoms with E-state index in [4.69, 9.17) is 0 Å². The van der Waals surface area contributed by atoms with Crippen LogP contribution in [0, 0.1) is 0 Å². The van der Waals surface area contributed by atoms with Crippen LogP contribution < -0.4 is 14.9 Å². The molecule has 0 unspecified atom stereocenters. The minimum absolute atomic E-state index is 0.0301. The Bertz CT molecular complexity index is 1160. The smallest absolute Gasteiger partial charge is 0.308 e. The topological polar surface area (TPSA) is 97.3 Å². The lowest BCUT2D eigenvalue weighted by Crippen LogP contribution is -2.14. The zero-order valence-corrected chi connectivity index (χ0v) is 16.6. The molecule has 0 aliphatic rings. The lowest BCUT2D eigenvalue weighted by atomic mass is 10.2. The van der Waals surface area contributed by atoms with Gasteiger partial charge in [-0.1, -0.05) is 11.3 Å². The molecular weight excluding hydrogens is 386 g/mol. The largest absolute Gasteiger partial charge is 0.322 e. The molecule has 9 heteroatoms. The Morgan fingerprint density at radius 2 is 1.70 bits per heavy atom. The first-order valence-corrected chi connectivity index (χ1v) is 10.9. The summed E-state index contributed by atoms with van der Waals surface area (Å²) in [5.74, 6) is -0.323. The van der Waals surface area contributed by atoms with Crippen molar-refractivity contribution in [2.45, 2.75) is 19.9 Å². The first-order valence-electron chi connectivity index (χ1n) is 8.18. The van der Waals surface area contributed by atoms with E-state index >= 15 is 0 Å². The number of carbonyl (C=O) groups is 1. The lowest BCUT2D eigenvalue weighted by molar-refractivity contribution is 0.102. The van der Waals surface area contributed by atoms with Crippen LogP contribution in [0.5, 0.6) is 0 Å². The molecule has 0 atom stereocenters. The van der Waals surface area contributed by atoms with Gasteiger partial charge in [0.05, 0.1) is 16.5 Å². The number of sulfonamides is 1. The van der Waals surface area contributed by atoms with Gasteiger partial charge in [-0.15, -0.1) is 0 Å². The molecule has 27 heavy (non-hydrogen) atoms. The van der Waals surface area contributed by atoms with Crippen molar-refractivity contribution in [2.75, 3.05) is 16.3 Å². The molecule has 2 N–H and O–H groups in total. The van der Waals surface area contributed by atoms with Crippen molar-refractivity contribution in [3.8, 4) is 0 Å². The number of hydrogen-bond acceptors (Lipinski definition) is 5. The summed E-state index contributed by atoms with van der Waals surface area (Å²) >= 11 is 1.14. The molecule has 1 aromatic heterocycles. The highest BCUT2D eigenvalue weighted by Crippen LogP contribution is 2.24. The summed E-state index contributed by atoms with van der Waals surface area (Å²) in [5.41, 5.74) is 2.20. The zero-order valence-electron chi connectivity index (χ0n) is 15.0. The monoisotopic (exact) mass is 405 g/mol. The number of hydrogen-bond donors (Lipinski definition) is 2.